The van der Waals surface area contributed by atoms with Gasteiger partial charge in [-0.2, -0.15) is 0 Å². The van der Waals surface area contributed by atoms with Crippen molar-refractivity contribution in [3.63, 3.8) is 0 Å². The van der Waals surface area contributed by atoms with Crippen LogP contribution in [0.4, 0.5) is 17.1 Å². The first kappa shape index (κ1) is 33.6. The summed E-state index contributed by atoms with van der Waals surface area (Å²) in [5, 5.41) is 7.45. The zero-order chi connectivity index (χ0) is 38.4. The van der Waals surface area contributed by atoms with E-state index in [0.29, 0.717) is 0 Å². The van der Waals surface area contributed by atoms with Crippen LogP contribution in [-0.4, -0.2) is 4.57 Å². The first-order chi connectivity index (χ1) is 28.7. The number of fused-ring (bicyclic) bond motifs is 6. The Kier molecular flexibility index (Phi) is 8.19. The molecule has 11 rings (SSSR count). The standard InChI is InChI=1S/C56H38N2/c1-3-13-39(14-4-1)42-25-30-48(31-26-42)57(49-32-27-43(28-33-49)46-24-23-41-17-7-8-19-45(41)35-46)50-36-47(40-15-5-2-6-16-40)37-51(38-50)58-55-22-12-11-21-53(55)54-34-29-44-18-9-10-20-52(44)56(54)58/h1-38H. The molecule has 0 saturated carbocycles. The van der Waals surface area contributed by atoms with E-state index in [9.17, 15) is 0 Å². The summed E-state index contributed by atoms with van der Waals surface area (Å²) >= 11 is 0. The molecule has 58 heavy (non-hydrogen) atoms. The average molecular weight is 739 g/mol. The Labute approximate surface area is 338 Å². The smallest absolute Gasteiger partial charge is 0.0619 e. The van der Waals surface area contributed by atoms with Crippen LogP contribution in [0.15, 0.2) is 231 Å². The summed E-state index contributed by atoms with van der Waals surface area (Å²) in [6, 6.07) is 83.8. The van der Waals surface area contributed by atoms with E-state index in [1.165, 1.54) is 71.2 Å². The van der Waals surface area contributed by atoms with E-state index < -0.39 is 0 Å². The van der Waals surface area contributed by atoms with Gasteiger partial charge >= 0.3 is 0 Å². The normalized spacial score (nSPS) is 11.4. The molecular formula is C56H38N2. The zero-order valence-corrected chi connectivity index (χ0v) is 31.8. The third kappa shape index (κ3) is 5.91. The topological polar surface area (TPSA) is 8.17 Å². The van der Waals surface area contributed by atoms with Gasteiger partial charge in [0.05, 0.1) is 11.0 Å². The number of rotatable bonds is 7. The largest absolute Gasteiger partial charge is 0.310 e. The molecule has 0 saturated heterocycles. The molecule has 0 fully saturated rings. The van der Waals surface area contributed by atoms with Gasteiger partial charge in [-0.3, -0.25) is 0 Å². The second-order valence-electron chi connectivity index (χ2n) is 15.0. The molecule has 0 amide bonds. The minimum atomic E-state index is 1.08. The summed E-state index contributed by atoms with van der Waals surface area (Å²) in [7, 11) is 0. The minimum absolute atomic E-state index is 1.08. The van der Waals surface area contributed by atoms with Gasteiger partial charge < -0.3 is 9.47 Å². The lowest BCUT2D eigenvalue weighted by Crippen LogP contribution is -2.11. The first-order valence-electron chi connectivity index (χ1n) is 19.9. The molecule has 1 heterocycles. The molecule has 0 aliphatic heterocycles. The summed E-state index contributed by atoms with van der Waals surface area (Å²) in [5.74, 6) is 0. The van der Waals surface area contributed by atoms with Gasteiger partial charge in [-0.1, -0.05) is 176 Å². The maximum atomic E-state index is 2.47. The van der Waals surface area contributed by atoms with Gasteiger partial charge in [-0.25, -0.2) is 0 Å². The average Bonchev–Trinajstić information content (AvgIpc) is 3.65. The molecule has 2 nitrogen and oxygen atoms in total. The van der Waals surface area contributed by atoms with Crippen LogP contribution in [0.25, 0.3) is 82.4 Å². The molecular weight excluding hydrogens is 701 g/mol. The molecule has 1 aromatic heterocycles. The molecule has 272 valence electrons. The number of hydrogen-bond donors (Lipinski definition) is 0. The van der Waals surface area contributed by atoms with Gasteiger partial charge in [-0.05, 0) is 104 Å². The number of anilines is 3. The molecule has 2 heteroatoms. The maximum Gasteiger partial charge on any atom is 0.0619 e. The lowest BCUT2D eigenvalue weighted by Gasteiger charge is -2.27. The van der Waals surface area contributed by atoms with E-state index in [2.05, 4.69) is 240 Å². The van der Waals surface area contributed by atoms with Gasteiger partial charge in [0.15, 0.2) is 0 Å². The molecule has 10 aromatic carbocycles. The van der Waals surface area contributed by atoms with Crippen LogP contribution in [-0.2, 0) is 0 Å². The highest BCUT2D eigenvalue weighted by Crippen LogP contribution is 2.43. The number of nitrogens with zero attached hydrogens (tertiary/aromatic N) is 2. The predicted molar refractivity (Wildman–Crippen MR) is 247 cm³/mol. The van der Waals surface area contributed by atoms with Crippen molar-refractivity contribution in [2.45, 2.75) is 0 Å². The third-order valence-corrected chi connectivity index (χ3v) is 11.5. The van der Waals surface area contributed by atoms with Crippen molar-refractivity contribution in [3.05, 3.63) is 231 Å². The van der Waals surface area contributed by atoms with Crippen LogP contribution >= 0.6 is 0 Å². The van der Waals surface area contributed by atoms with Gasteiger partial charge in [-0.15, -0.1) is 0 Å². The second-order valence-corrected chi connectivity index (χ2v) is 15.0. The number of hydrogen-bond acceptors (Lipinski definition) is 1. The van der Waals surface area contributed by atoms with Crippen molar-refractivity contribution < 1.29 is 0 Å². The lowest BCUT2D eigenvalue weighted by atomic mass is 10.00. The highest BCUT2D eigenvalue weighted by Gasteiger charge is 2.20. The first-order valence-corrected chi connectivity index (χ1v) is 19.9. The van der Waals surface area contributed by atoms with Crippen LogP contribution in [0.1, 0.15) is 0 Å². The predicted octanol–water partition coefficient (Wildman–Crippen LogP) is 15.6. The fourth-order valence-electron chi connectivity index (χ4n) is 8.70. The lowest BCUT2D eigenvalue weighted by molar-refractivity contribution is 1.17. The zero-order valence-electron chi connectivity index (χ0n) is 31.8. The van der Waals surface area contributed by atoms with Crippen LogP contribution in [0.3, 0.4) is 0 Å². The van der Waals surface area contributed by atoms with E-state index in [4.69, 9.17) is 0 Å². The van der Waals surface area contributed by atoms with Gasteiger partial charge in [0, 0.05) is 38.9 Å². The molecule has 11 aromatic rings. The fourth-order valence-corrected chi connectivity index (χ4v) is 8.70. The monoisotopic (exact) mass is 738 g/mol. The SMILES string of the molecule is c1ccc(-c2ccc(N(c3ccc(-c4ccc5ccccc5c4)cc3)c3cc(-c4ccccc4)cc(-n4c5ccccc5c5ccc6ccccc6c54)c3)cc2)cc1. The summed E-state index contributed by atoms with van der Waals surface area (Å²) in [6.45, 7) is 0. The van der Waals surface area contributed by atoms with Crippen LogP contribution in [0.5, 0.6) is 0 Å². The molecule has 0 spiro atoms. The Hall–Kier alpha value is -7.68. The Balaban J connectivity index is 1.14. The summed E-state index contributed by atoms with van der Waals surface area (Å²) < 4.78 is 2.47. The van der Waals surface area contributed by atoms with Crippen molar-refractivity contribution in [3.8, 4) is 39.1 Å². The summed E-state index contributed by atoms with van der Waals surface area (Å²) in [6.07, 6.45) is 0. The molecule has 0 aliphatic carbocycles. The van der Waals surface area contributed by atoms with E-state index in [0.717, 1.165) is 28.3 Å². The van der Waals surface area contributed by atoms with Crippen LogP contribution in [0.2, 0.25) is 0 Å². The Morgan fingerprint density at radius 1 is 0.276 bits per heavy atom. The molecule has 0 aliphatic rings. The molecule has 0 N–H and O–H groups in total. The number of benzene rings is 10. The summed E-state index contributed by atoms with van der Waals surface area (Å²) in [5.41, 5.74) is 13.9. The Bertz CT molecular complexity index is 3250. The van der Waals surface area contributed by atoms with Crippen molar-refractivity contribution >= 4 is 60.4 Å². The Morgan fingerprint density at radius 3 is 1.50 bits per heavy atom. The second kappa shape index (κ2) is 14.1. The van der Waals surface area contributed by atoms with E-state index in [1.807, 2.05) is 0 Å². The van der Waals surface area contributed by atoms with Gasteiger partial charge in [0.1, 0.15) is 0 Å². The van der Waals surface area contributed by atoms with E-state index in [-0.39, 0.29) is 0 Å². The van der Waals surface area contributed by atoms with Gasteiger partial charge in [0.25, 0.3) is 0 Å². The molecule has 0 unspecified atom stereocenters. The molecule has 0 bridgehead atoms. The maximum absolute atomic E-state index is 2.47. The van der Waals surface area contributed by atoms with Crippen molar-refractivity contribution in [1.82, 2.24) is 4.57 Å². The van der Waals surface area contributed by atoms with Crippen molar-refractivity contribution in [1.29, 1.82) is 0 Å². The fraction of sp³-hybridized carbons (Fsp3) is 0. The Morgan fingerprint density at radius 2 is 0.793 bits per heavy atom. The summed E-state index contributed by atoms with van der Waals surface area (Å²) in [4.78, 5) is 2.40. The third-order valence-electron chi connectivity index (χ3n) is 11.5. The molecule has 0 atom stereocenters. The highest BCUT2D eigenvalue weighted by molar-refractivity contribution is 6.18. The highest BCUT2D eigenvalue weighted by atomic mass is 15.1. The minimum Gasteiger partial charge on any atom is -0.310 e. The van der Waals surface area contributed by atoms with Crippen LogP contribution in [0, 0.1) is 0 Å². The molecule has 0 radical (unpaired) electrons. The van der Waals surface area contributed by atoms with Crippen LogP contribution < -0.4 is 4.90 Å². The van der Waals surface area contributed by atoms with Crippen molar-refractivity contribution in [2.24, 2.45) is 0 Å². The van der Waals surface area contributed by atoms with Gasteiger partial charge in [0.2, 0.25) is 0 Å². The quantitative estimate of drug-likeness (QED) is 0.158. The number of aromatic nitrogens is 1. The van der Waals surface area contributed by atoms with E-state index in [1.54, 1.807) is 0 Å². The van der Waals surface area contributed by atoms with Crippen molar-refractivity contribution in [2.75, 3.05) is 4.90 Å². The number of para-hydroxylation sites is 1. The van der Waals surface area contributed by atoms with E-state index >= 15 is 0 Å².